The Labute approximate surface area is 173 Å². The van der Waals surface area contributed by atoms with E-state index in [2.05, 4.69) is 4.98 Å². The molecule has 6 nitrogen and oxygen atoms in total. The molecule has 0 spiro atoms. The number of ether oxygens (including phenoxy) is 2. The highest BCUT2D eigenvalue weighted by Crippen LogP contribution is 2.28. The molecule has 0 atom stereocenters. The van der Waals surface area contributed by atoms with Crippen molar-refractivity contribution in [3.63, 3.8) is 0 Å². The van der Waals surface area contributed by atoms with Crippen LogP contribution >= 0.6 is 11.8 Å². The first-order valence-electron chi connectivity index (χ1n) is 9.32. The molecule has 0 saturated heterocycles. The lowest BCUT2D eigenvalue weighted by molar-refractivity contribution is 0.102. The number of Topliss-reactive ketones (excluding diaryl/α,β-unsaturated/α-hetero) is 1. The molecule has 0 aliphatic rings. The highest BCUT2D eigenvalue weighted by atomic mass is 32.2. The van der Waals surface area contributed by atoms with Crippen molar-refractivity contribution < 1.29 is 14.3 Å². The van der Waals surface area contributed by atoms with Crippen molar-refractivity contribution in [1.82, 2.24) is 9.55 Å². The molecule has 0 aliphatic carbocycles. The van der Waals surface area contributed by atoms with Crippen LogP contribution in [-0.4, -0.2) is 35.3 Å². The van der Waals surface area contributed by atoms with Crippen LogP contribution in [0.4, 0.5) is 0 Å². The van der Waals surface area contributed by atoms with Crippen LogP contribution in [0, 0.1) is 5.92 Å². The fourth-order valence-corrected chi connectivity index (χ4v) is 3.91. The van der Waals surface area contributed by atoms with Crippen LogP contribution in [0.5, 0.6) is 11.5 Å². The van der Waals surface area contributed by atoms with E-state index >= 15 is 0 Å². The second kappa shape index (κ2) is 9.13. The van der Waals surface area contributed by atoms with Gasteiger partial charge in [-0.25, -0.2) is 4.98 Å². The van der Waals surface area contributed by atoms with E-state index in [1.54, 1.807) is 35.9 Å². The normalized spacial score (nSPS) is 11.1. The number of para-hydroxylation sites is 1. The molecule has 3 rings (SSSR count). The Morgan fingerprint density at radius 3 is 2.52 bits per heavy atom. The van der Waals surface area contributed by atoms with Gasteiger partial charge in [0.05, 0.1) is 30.9 Å². The number of hydrogen-bond donors (Lipinski definition) is 0. The molecule has 0 N–H and O–H groups in total. The zero-order valence-electron chi connectivity index (χ0n) is 17.0. The Hall–Kier alpha value is -2.80. The average molecular weight is 413 g/mol. The minimum absolute atomic E-state index is 0.0746. The van der Waals surface area contributed by atoms with E-state index in [-0.39, 0.29) is 23.0 Å². The Morgan fingerprint density at radius 2 is 1.83 bits per heavy atom. The minimum atomic E-state index is -0.0784. The molecule has 0 aliphatic heterocycles. The quantitative estimate of drug-likeness (QED) is 0.316. The maximum atomic E-state index is 12.9. The largest absolute Gasteiger partial charge is 0.493 e. The van der Waals surface area contributed by atoms with E-state index in [1.807, 2.05) is 32.0 Å². The van der Waals surface area contributed by atoms with Crippen molar-refractivity contribution >= 4 is 28.4 Å². The maximum Gasteiger partial charge on any atom is 0.262 e. The van der Waals surface area contributed by atoms with Crippen molar-refractivity contribution in [2.24, 2.45) is 5.92 Å². The van der Waals surface area contributed by atoms with E-state index in [9.17, 15) is 9.59 Å². The van der Waals surface area contributed by atoms with Gasteiger partial charge in [-0.15, -0.1) is 0 Å². The van der Waals surface area contributed by atoms with Crippen LogP contribution < -0.4 is 15.0 Å². The number of hydrogen-bond acceptors (Lipinski definition) is 6. The number of thioether (sulfide) groups is 1. The van der Waals surface area contributed by atoms with Crippen LogP contribution in [0.25, 0.3) is 10.9 Å². The third-order valence-corrected chi connectivity index (χ3v) is 5.39. The van der Waals surface area contributed by atoms with Gasteiger partial charge in [-0.3, -0.25) is 14.2 Å². The minimum Gasteiger partial charge on any atom is -0.493 e. The van der Waals surface area contributed by atoms with Gasteiger partial charge in [-0.1, -0.05) is 37.7 Å². The smallest absolute Gasteiger partial charge is 0.262 e. The third kappa shape index (κ3) is 4.62. The molecule has 1 heterocycles. The van der Waals surface area contributed by atoms with E-state index < -0.39 is 0 Å². The lowest BCUT2D eigenvalue weighted by Crippen LogP contribution is -2.25. The Kier molecular flexibility index (Phi) is 6.59. The molecule has 0 unspecified atom stereocenters. The predicted octanol–water partition coefficient (Wildman–Crippen LogP) is 4.04. The summed E-state index contributed by atoms with van der Waals surface area (Å²) >= 11 is 1.27. The van der Waals surface area contributed by atoms with Gasteiger partial charge in [-0.05, 0) is 36.2 Å². The highest BCUT2D eigenvalue weighted by Gasteiger charge is 2.16. The van der Waals surface area contributed by atoms with Crippen LogP contribution in [0.2, 0.25) is 0 Å². The maximum absolute atomic E-state index is 12.9. The summed E-state index contributed by atoms with van der Waals surface area (Å²) < 4.78 is 12.2. The van der Waals surface area contributed by atoms with Gasteiger partial charge in [0.2, 0.25) is 0 Å². The summed E-state index contributed by atoms with van der Waals surface area (Å²) in [6.07, 6.45) is 0. The van der Waals surface area contributed by atoms with Gasteiger partial charge in [0.1, 0.15) is 0 Å². The Bertz CT molecular complexity index is 1090. The molecule has 3 aromatic rings. The number of aromatic nitrogens is 2. The molecule has 2 aromatic carbocycles. The van der Waals surface area contributed by atoms with Crippen molar-refractivity contribution in [3.8, 4) is 11.5 Å². The number of benzene rings is 2. The summed E-state index contributed by atoms with van der Waals surface area (Å²) in [7, 11) is 3.08. The lowest BCUT2D eigenvalue weighted by atomic mass is 10.1. The standard InChI is InChI=1S/C22H24N2O4S/c1-14(2)12-24-21(26)16-7-5-6-8-17(16)23-22(24)29-13-18(25)15-9-10-19(27-3)20(11-15)28-4/h5-11,14H,12-13H2,1-4H3. The van der Waals surface area contributed by atoms with Gasteiger partial charge >= 0.3 is 0 Å². The van der Waals surface area contributed by atoms with Crippen molar-refractivity contribution in [2.45, 2.75) is 25.5 Å². The molecule has 0 fully saturated rings. The van der Waals surface area contributed by atoms with Crippen LogP contribution in [0.15, 0.2) is 52.4 Å². The summed E-state index contributed by atoms with van der Waals surface area (Å²) in [5, 5.41) is 1.14. The summed E-state index contributed by atoms with van der Waals surface area (Å²) in [5.41, 5.74) is 1.08. The molecule has 0 radical (unpaired) electrons. The number of ketones is 1. The molecule has 7 heteroatoms. The fourth-order valence-electron chi connectivity index (χ4n) is 3.01. The number of carbonyl (C=O) groups excluding carboxylic acids is 1. The first-order valence-corrected chi connectivity index (χ1v) is 10.3. The number of nitrogens with zero attached hydrogens (tertiary/aromatic N) is 2. The monoisotopic (exact) mass is 412 g/mol. The van der Waals surface area contributed by atoms with Gasteiger partial charge < -0.3 is 9.47 Å². The molecule has 152 valence electrons. The summed E-state index contributed by atoms with van der Waals surface area (Å²) in [6.45, 7) is 4.64. The predicted molar refractivity (Wildman–Crippen MR) is 115 cm³/mol. The number of rotatable bonds is 8. The SMILES string of the molecule is COc1ccc(C(=O)CSc2nc3ccccc3c(=O)n2CC(C)C)cc1OC. The lowest BCUT2D eigenvalue weighted by Gasteiger charge is -2.15. The Morgan fingerprint density at radius 1 is 1.10 bits per heavy atom. The molecule has 0 amide bonds. The summed E-state index contributed by atoms with van der Waals surface area (Å²) in [4.78, 5) is 30.3. The molecular formula is C22H24N2O4S. The number of carbonyl (C=O) groups is 1. The molecule has 0 saturated carbocycles. The average Bonchev–Trinajstić information content (AvgIpc) is 2.73. The van der Waals surface area contributed by atoms with Crippen LogP contribution in [-0.2, 0) is 6.54 Å². The van der Waals surface area contributed by atoms with Gasteiger partial charge in [0.25, 0.3) is 5.56 Å². The third-order valence-electron chi connectivity index (χ3n) is 4.41. The first-order chi connectivity index (χ1) is 13.9. The van der Waals surface area contributed by atoms with Crippen LogP contribution in [0.3, 0.4) is 0 Å². The van der Waals surface area contributed by atoms with E-state index in [0.717, 1.165) is 0 Å². The second-order valence-electron chi connectivity index (χ2n) is 7.00. The molecule has 1 aromatic heterocycles. The highest BCUT2D eigenvalue weighted by molar-refractivity contribution is 7.99. The zero-order valence-corrected chi connectivity index (χ0v) is 17.8. The first kappa shape index (κ1) is 20.9. The van der Waals surface area contributed by atoms with Gasteiger partial charge in [0.15, 0.2) is 22.4 Å². The number of methoxy groups -OCH3 is 2. The fraction of sp³-hybridized carbons (Fsp3) is 0.318. The van der Waals surface area contributed by atoms with Gasteiger partial charge in [0, 0.05) is 12.1 Å². The topological polar surface area (TPSA) is 70.4 Å². The van der Waals surface area contributed by atoms with Crippen molar-refractivity contribution in [1.29, 1.82) is 0 Å². The molecular weight excluding hydrogens is 388 g/mol. The number of fused-ring (bicyclic) bond motifs is 1. The van der Waals surface area contributed by atoms with Crippen molar-refractivity contribution in [2.75, 3.05) is 20.0 Å². The summed E-state index contributed by atoms with van der Waals surface area (Å²) in [5.74, 6) is 1.44. The second-order valence-corrected chi connectivity index (χ2v) is 7.95. The summed E-state index contributed by atoms with van der Waals surface area (Å²) in [6, 6.07) is 12.4. The zero-order chi connectivity index (χ0) is 21.0. The van der Waals surface area contributed by atoms with E-state index in [1.165, 1.54) is 18.9 Å². The van der Waals surface area contributed by atoms with Gasteiger partial charge in [-0.2, -0.15) is 0 Å². The molecule has 0 bridgehead atoms. The van der Waals surface area contributed by atoms with Crippen molar-refractivity contribution in [3.05, 3.63) is 58.4 Å². The van der Waals surface area contributed by atoms with E-state index in [0.29, 0.717) is 39.7 Å². The van der Waals surface area contributed by atoms with Crippen LogP contribution in [0.1, 0.15) is 24.2 Å². The molecule has 29 heavy (non-hydrogen) atoms. The van der Waals surface area contributed by atoms with E-state index in [4.69, 9.17) is 9.47 Å². The Balaban J connectivity index is 1.89.